The first-order valence-electron chi connectivity index (χ1n) is 7.17. The molecule has 0 N–H and O–H groups in total. The van der Waals surface area contributed by atoms with Gasteiger partial charge in [0.25, 0.3) is 0 Å². The molecule has 1 aliphatic heterocycles. The third-order valence-corrected chi connectivity index (χ3v) is 3.76. The molecule has 0 aromatic heterocycles. The second-order valence-electron chi connectivity index (χ2n) is 5.82. The van der Waals surface area contributed by atoms with E-state index in [0.717, 1.165) is 17.5 Å². The van der Waals surface area contributed by atoms with Crippen LogP contribution in [0.15, 0.2) is 42.5 Å². The fourth-order valence-corrected chi connectivity index (χ4v) is 2.95. The van der Waals surface area contributed by atoms with Crippen molar-refractivity contribution in [2.45, 2.75) is 26.2 Å². The van der Waals surface area contributed by atoms with E-state index in [2.05, 4.69) is 13.8 Å². The Bertz CT molecular complexity index is 694. The molecule has 1 unspecified atom stereocenters. The van der Waals surface area contributed by atoms with Gasteiger partial charge in [0, 0.05) is 11.1 Å². The molecule has 0 spiro atoms. The quantitative estimate of drug-likeness (QED) is 0.741. The number of rotatable bonds is 3. The van der Waals surface area contributed by atoms with Crippen LogP contribution in [0.1, 0.15) is 36.5 Å². The number of hydrogen-bond donors (Lipinski definition) is 0. The fourth-order valence-electron chi connectivity index (χ4n) is 2.95. The Morgan fingerprint density at radius 2 is 1.82 bits per heavy atom. The summed E-state index contributed by atoms with van der Waals surface area (Å²) in [5, 5.41) is 11.8. The molecule has 108 valence electrons. The standard InChI is InChI=1S/C18H18O3.K/c1-11(2)10-12-6-5-9-15-16(12)17(18(19)20)13-7-3-4-8-14(13)21-15;/h3-9,11,17H,10H2,1-2H3,(H,19,20);/q;+1/p-1. The summed E-state index contributed by atoms with van der Waals surface area (Å²) < 4.78 is 5.89. The van der Waals surface area contributed by atoms with Crippen molar-refractivity contribution in [2.24, 2.45) is 5.92 Å². The van der Waals surface area contributed by atoms with Crippen LogP contribution in [-0.4, -0.2) is 5.97 Å². The van der Waals surface area contributed by atoms with Crippen LogP contribution >= 0.6 is 0 Å². The first-order chi connectivity index (χ1) is 10.1. The van der Waals surface area contributed by atoms with Crippen molar-refractivity contribution in [1.29, 1.82) is 0 Å². The molecule has 22 heavy (non-hydrogen) atoms. The van der Waals surface area contributed by atoms with E-state index < -0.39 is 11.9 Å². The minimum absolute atomic E-state index is 0. The normalized spacial score (nSPS) is 15.3. The number of carbonyl (C=O) groups excluding carboxylic acids is 1. The summed E-state index contributed by atoms with van der Waals surface area (Å²) in [6.07, 6.45) is 0.818. The van der Waals surface area contributed by atoms with Gasteiger partial charge in [0.15, 0.2) is 0 Å². The van der Waals surface area contributed by atoms with Gasteiger partial charge in [-0.05, 0) is 30.0 Å². The maximum absolute atomic E-state index is 11.8. The summed E-state index contributed by atoms with van der Waals surface area (Å²) in [4.78, 5) is 11.8. The Balaban J connectivity index is 0.00000176. The van der Waals surface area contributed by atoms with E-state index in [9.17, 15) is 9.90 Å². The number of benzene rings is 2. The molecular formula is C18H17KO3. The Morgan fingerprint density at radius 1 is 1.14 bits per heavy atom. The van der Waals surface area contributed by atoms with E-state index in [0.29, 0.717) is 23.0 Å². The molecule has 3 rings (SSSR count). The van der Waals surface area contributed by atoms with Crippen LogP contribution in [0.25, 0.3) is 0 Å². The van der Waals surface area contributed by atoms with Gasteiger partial charge in [-0.3, -0.25) is 0 Å². The third kappa shape index (κ3) is 3.31. The minimum Gasteiger partial charge on any atom is -0.549 e. The largest absolute Gasteiger partial charge is 1.00 e. The predicted molar refractivity (Wildman–Crippen MR) is 78.4 cm³/mol. The number of para-hydroxylation sites is 1. The summed E-state index contributed by atoms with van der Waals surface area (Å²) >= 11 is 0. The van der Waals surface area contributed by atoms with Gasteiger partial charge < -0.3 is 14.6 Å². The second-order valence-corrected chi connectivity index (χ2v) is 5.82. The van der Waals surface area contributed by atoms with Gasteiger partial charge in [-0.15, -0.1) is 0 Å². The molecule has 3 nitrogen and oxygen atoms in total. The van der Waals surface area contributed by atoms with Crippen LogP contribution in [0.2, 0.25) is 0 Å². The maximum Gasteiger partial charge on any atom is 1.00 e. The SMILES string of the molecule is CC(C)Cc1cccc2c1C(C(=O)[O-])c1ccccc1O2.[K+]. The molecule has 0 radical (unpaired) electrons. The third-order valence-electron chi connectivity index (χ3n) is 3.76. The molecule has 0 amide bonds. The maximum atomic E-state index is 11.8. The average Bonchev–Trinajstić information content (AvgIpc) is 2.44. The molecule has 0 fully saturated rings. The molecule has 2 aromatic rings. The van der Waals surface area contributed by atoms with E-state index in [4.69, 9.17) is 4.74 Å². The van der Waals surface area contributed by atoms with Crippen molar-refractivity contribution in [3.63, 3.8) is 0 Å². The number of carboxylic acid groups (broad SMARTS) is 1. The van der Waals surface area contributed by atoms with Gasteiger partial charge in [-0.1, -0.05) is 44.2 Å². The van der Waals surface area contributed by atoms with Gasteiger partial charge in [0.2, 0.25) is 0 Å². The molecule has 0 saturated heterocycles. The molecule has 4 heteroatoms. The first kappa shape index (κ1) is 17.7. The van der Waals surface area contributed by atoms with E-state index in [1.807, 2.05) is 30.3 Å². The number of hydrogen-bond acceptors (Lipinski definition) is 3. The van der Waals surface area contributed by atoms with E-state index in [1.165, 1.54) is 0 Å². The molecule has 1 heterocycles. The van der Waals surface area contributed by atoms with Crippen molar-refractivity contribution in [3.8, 4) is 11.5 Å². The molecule has 1 aliphatic rings. The summed E-state index contributed by atoms with van der Waals surface area (Å²) in [6.45, 7) is 4.23. The van der Waals surface area contributed by atoms with E-state index in [1.54, 1.807) is 12.1 Å². The van der Waals surface area contributed by atoms with Gasteiger partial charge in [0.1, 0.15) is 11.5 Å². The molecule has 0 saturated carbocycles. The number of carboxylic acids is 1. The fraction of sp³-hybridized carbons (Fsp3) is 0.278. The van der Waals surface area contributed by atoms with Crippen LogP contribution < -0.4 is 61.2 Å². The second kappa shape index (κ2) is 7.28. The van der Waals surface area contributed by atoms with Crippen LogP contribution in [0, 0.1) is 5.92 Å². The van der Waals surface area contributed by atoms with Gasteiger partial charge in [0.05, 0.1) is 11.9 Å². The van der Waals surface area contributed by atoms with Crippen LogP contribution in [-0.2, 0) is 11.2 Å². The number of aliphatic carboxylic acids is 1. The Kier molecular flexibility index (Phi) is 5.85. The van der Waals surface area contributed by atoms with Crippen LogP contribution in [0.3, 0.4) is 0 Å². The summed E-state index contributed by atoms with van der Waals surface area (Å²) in [5.41, 5.74) is 2.43. The van der Waals surface area contributed by atoms with Crippen molar-refractivity contribution in [2.75, 3.05) is 0 Å². The predicted octanol–water partition coefficient (Wildman–Crippen LogP) is -0.123. The zero-order valence-corrected chi connectivity index (χ0v) is 16.3. The summed E-state index contributed by atoms with van der Waals surface area (Å²) in [5.74, 6) is -0.180. The zero-order chi connectivity index (χ0) is 15.0. The summed E-state index contributed by atoms with van der Waals surface area (Å²) in [7, 11) is 0. The number of carbonyl (C=O) groups is 1. The number of ether oxygens (including phenoxy) is 1. The molecule has 1 atom stereocenters. The van der Waals surface area contributed by atoms with Crippen molar-refractivity contribution < 1.29 is 66.0 Å². The van der Waals surface area contributed by atoms with Gasteiger partial charge in [-0.2, -0.15) is 0 Å². The van der Waals surface area contributed by atoms with Crippen LogP contribution in [0.5, 0.6) is 11.5 Å². The number of fused-ring (bicyclic) bond motifs is 2. The first-order valence-corrected chi connectivity index (χ1v) is 7.17. The topological polar surface area (TPSA) is 49.4 Å². The minimum atomic E-state index is -1.08. The Morgan fingerprint density at radius 3 is 2.50 bits per heavy atom. The van der Waals surface area contributed by atoms with Gasteiger partial charge in [-0.25, -0.2) is 0 Å². The van der Waals surface area contributed by atoms with Crippen molar-refractivity contribution >= 4 is 5.97 Å². The van der Waals surface area contributed by atoms with Crippen molar-refractivity contribution in [1.82, 2.24) is 0 Å². The van der Waals surface area contributed by atoms with E-state index in [-0.39, 0.29) is 51.4 Å². The molecule has 2 aromatic carbocycles. The average molecular weight is 320 g/mol. The van der Waals surface area contributed by atoms with Crippen LogP contribution in [0.4, 0.5) is 0 Å². The summed E-state index contributed by atoms with van der Waals surface area (Å²) in [6, 6.07) is 13.0. The van der Waals surface area contributed by atoms with E-state index >= 15 is 0 Å². The molecular weight excluding hydrogens is 303 g/mol. The zero-order valence-electron chi connectivity index (χ0n) is 13.1. The molecule has 0 bridgehead atoms. The molecule has 0 aliphatic carbocycles. The monoisotopic (exact) mass is 320 g/mol. The van der Waals surface area contributed by atoms with Crippen molar-refractivity contribution in [3.05, 3.63) is 59.2 Å². The van der Waals surface area contributed by atoms with Gasteiger partial charge >= 0.3 is 51.4 Å². The Labute approximate surface area is 173 Å². The Hall–Kier alpha value is -0.654. The smallest absolute Gasteiger partial charge is 0.549 e.